The molecule has 0 aliphatic carbocycles. The van der Waals surface area contributed by atoms with Crippen LogP contribution in [0, 0.1) is 0 Å². The predicted octanol–water partition coefficient (Wildman–Crippen LogP) is 2.25. The van der Waals surface area contributed by atoms with Crippen LogP contribution in [0.4, 0.5) is 0 Å². The van der Waals surface area contributed by atoms with E-state index in [2.05, 4.69) is 10.3 Å². The van der Waals surface area contributed by atoms with E-state index in [-0.39, 0.29) is 17.0 Å². The Morgan fingerprint density at radius 2 is 1.81 bits per heavy atom. The number of amides is 1. The minimum atomic E-state index is -3.65. The molecule has 1 saturated heterocycles. The molecule has 1 fully saturated rings. The van der Waals surface area contributed by atoms with Crippen LogP contribution in [0.15, 0.2) is 58.2 Å². The second-order valence-electron chi connectivity index (χ2n) is 7.40. The number of sulfonamides is 1. The normalized spacial score (nSPS) is 14.6. The average Bonchev–Trinajstić information content (AvgIpc) is 3.33. The molecule has 2 N–H and O–H groups in total. The summed E-state index contributed by atoms with van der Waals surface area (Å²) in [5, 5.41) is 3.17. The van der Waals surface area contributed by atoms with Gasteiger partial charge in [0.1, 0.15) is 5.75 Å². The van der Waals surface area contributed by atoms with Crippen molar-refractivity contribution in [3.8, 4) is 5.75 Å². The van der Waals surface area contributed by atoms with Gasteiger partial charge in [-0.25, -0.2) is 8.42 Å². The van der Waals surface area contributed by atoms with Crippen LogP contribution in [0.5, 0.6) is 5.75 Å². The Hall–Kier alpha value is -3.17. The molecule has 4 rings (SSSR count). The van der Waals surface area contributed by atoms with Crippen LogP contribution >= 0.6 is 0 Å². The van der Waals surface area contributed by atoms with Gasteiger partial charge in [0.15, 0.2) is 0 Å². The summed E-state index contributed by atoms with van der Waals surface area (Å²) in [5.74, 6) is 0.255. The monoisotopic (exact) mass is 441 g/mol. The number of benzene rings is 2. The number of methoxy groups -OCH3 is 1. The molecule has 1 aliphatic heterocycles. The van der Waals surface area contributed by atoms with Gasteiger partial charge in [-0.1, -0.05) is 12.1 Å². The van der Waals surface area contributed by atoms with E-state index in [1.165, 1.54) is 28.6 Å². The predicted molar refractivity (Wildman–Crippen MR) is 117 cm³/mol. The highest BCUT2D eigenvalue weighted by Crippen LogP contribution is 2.25. The number of nitrogens with one attached hydrogen (secondary N) is 2. The highest BCUT2D eigenvalue weighted by atomic mass is 32.2. The molecule has 9 heteroatoms. The fraction of sp³-hybridized carbons (Fsp3) is 0.273. The van der Waals surface area contributed by atoms with Crippen LogP contribution in [0.3, 0.4) is 0 Å². The first-order valence-electron chi connectivity index (χ1n) is 9.97. The number of H-pyrrole nitrogens is 1. The van der Waals surface area contributed by atoms with Crippen LogP contribution in [0.25, 0.3) is 10.9 Å². The lowest BCUT2D eigenvalue weighted by molar-refractivity contribution is 0.0952. The molecular formula is C22H23N3O5S. The highest BCUT2D eigenvalue weighted by Gasteiger charge is 2.27. The largest absolute Gasteiger partial charge is 0.497 e. The molecule has 0 bridgehead atoms. The molecule has 2 aromatic carbocycles. The first-order chi connectivity index (χ1) is 14.9. The summed E-state index contributed by atoms with van der Waals surface area (Å²) >= 11 is 0. The quantitative estimate of drug-likeness (QED) is 0.610. The SMILES string of the molecule is COc1ccc(CNC(=O)c2cc(=O)[nH]c3ccc(S(=O)(=O)N4CCCC4)cc23)cc1. The Morgan fingerprint density at radius 1 is 1.10 bits per heavy atom. The van der Waals surface area contributed by atoms with Crippen LogP contribution in [0.1, 0.15) is 28.8 Å². The lowest BCUT2D eigenvalue weighted by atomic mass is 10.1. The van der Waals surface area contributed by atoms with Crippen molar-refractivity contribution in [3.05, 3.63) is 70.0 Å². The van der Waals surface area contributed by atoms with Crippen molar-refractivity contribution in [2.45, 2.75) is 24.3 Å². The summed E-state index contributed by atoms with van der Waals surface area (Å²) in [6.07, 6.45) is 1.66. The van der Waals surface area contributed by atoms with Gasteiger partial charge in [0.25, 0.3) is 5.91 Å². The molecule has 0 unspecified atom stereocenters. The molecule has 0 radical (unpaired) electrons. The van der Waals surface area contributed by atoms with E-state index in [1.807, 2.05) is 12.1 Å². The molecule has 162 valence electrons. The molecule has 31 heavy (non-hydrogen) atoms. The Balaban J connectivity index is 1.65. The third-order valence-corrected chi connectivity index (χ3v) is 7.27. The number of ether oxygens (including phenoxy) is 1. The fourth-order valence-electron chi connectivity index (χ4n) is 3.68. The van der Waals surface area contributed by atoms with Crippen LogP contribution in [-0.4, -0.2) is 43.8 Å². The zero-order valence-corrected chi connectivity index (χ0v) is 17.9. The van der Waals surface area contributed by atoms with Gasteiger partial charge < -0.3 is 15.0 Å². The molecule has 1 aliphatic rings. The minimum Gasteiger partial charge on any atom is -0.497 e. The Kier molecular flexibility index (Phi) is 5.79. The molecule has 2 heterocycles. The smallest absolute Gasteiger partial charge is 0.252 e. The van der Waals surface area contributed by atoms with E-state index in [0.29, 0.717) is 29.7 Å². The zero-order valence-electron chi connectivity index (χ0n) is 17.1. The highest BCUT2D eigenvalue weighted by molar-refractivity contribution is 7.89. The standard InChI is InChI=1S/C22H23N3O5S/c1-30-16-6-4-15(5-7-16)14-23-22(27)19-13-21(26)24-20-9-8-17(12-18(19)20)31(28,29)25-10-2-3-11-25/h4-9,12-13H,2-3,10-11,14H2,1H3,(H,23,27)(H,24,26). The van der Waals surface area contributed by atoms with Crippen molar-refractivity contribution >= 4 is 26.8 Å². The van der Waals surface area contributed by atoms with Gasteiger partial charge in [-0.2, -0.15) is 4.31 Å². The zero-order chi connectivity index (χ0) is 22.0. The van der Waals surface area contributed by atoms with Crippen molar-refractivity contribution in [3.63, 3.8) is 0 Å². The van der Waals surface area contributed by atoms with E-state index in [1.54, 1.807) is 19.2 Å². The first kappa shape index (κ1) is 21.1. The summed E-state index contributed by atoms with van der Waals surface area (Å²) in [5.41, 5.74) is 0.964. The maximum Gasteiger partial charge on any atom is 0.252 e. The lowest BCUT2D eigenvalue weighted by Crippen LogP contribution is -2.28. The first-order valence-corrected chi connectivity index (χ1v) is 11.4. The van der Waals surface area contributed by atoms with E-state index in [9.17, 15) is 18.0 Å². The van der Waals surface area contributed by atoms with Gasteiger partial charge in [0.2, 0.25) is 15.6 Å². The van der Waals surface area contributed by atoms with Crippen molar-refractivity contribution in [2.24, 2.45) is 0 Å². The Bertz CT molecular complexity index is 1280. The van der Waals surface area contributed by atoms with Crippen LogP contribution < -0.4 is 15.6 Å². The number of carbonyl (C=O) groups excluding carboxylic acids is 1. The second-order valence-corrected chi connectivity index (χ2v) is 9.33. The summed E-state index contributed by atoms with van der Waals surface area (Å²) in [6.45, 7) is 1.23. The molecule has 1 aromatic heterocycles. The lowest BCUT2D eigenvalue weighted by Gasteiger charge is -2.16. The van der Waals surface area contributed by atoms with Crippen molar-refractivity contribution in [2.75, 3.05) is 20.2 Å². The number of hydrogen-bond donors (Lipinski definition) is 2. The van der Waals surface area contributed by atoms with E-state index < -0.39 is 21.5 Å². The van der Waals surface area contributed by atoms with Crippen LogP contribution in [-0.2, 0) is 16.6 Å². The van der Waals surface area contributed by atoms with Gasteiger partial charge in [0.05, 0.1) is 17.6 Å². The summed E-state index contributed by atoms with van der Waals surface area (Å²) in [7, 11) is -2.07. The van der Waals surface area contributed by atoms with E-state index >= 15 is 0 Å². The van der Waals surface area contributed by atoms with Crippen molar-refractivity contribution in [1.29, 1.82) is 0 Å². The summed E-state index contributed by atoms with van der Waals surface area (Å²) in [4.78, 5) is 27.7. The molecule has 0 atom stereocenters. The minimum absolute atomic E-state index is 0.109. The molecule has 0 saturated carbocycles. The van der Waals surface area contributed by atoms with Gasteiger partial charge in [0, 0.05) is 36.6 Å². The van der Waals surface area contributed by atoms with Crippen molar-refractivity contribution < 1.29 is 17.9 Å². The maximum atomic E-state index is 12.9. The summed E-state index contributed by atoms with van der Waals surface area (Å²) < 4.78 is 32.4. The van der Waals surface area contributed by atoms with E-state index in [4.69, 9.17) is 4.74 Å². The summed E-state index contributed by atoms with van der Waals surface area (Å²) in [6, 6.07) is 12.9. The number of nitrogens with zero attached hydrogens (tertiary/aromatic N) is 1. The maximum absolute atomic E-state index is 12.9. The Labute approximate surface area is 179 Å². The number of aromatic nitrogens is 1. The van der Waals surface area contributed by atoms with Gasteiger partial charge in [-0.3, -0.25) is 9.59 Å². The van der Waals surface area contributed by atoms with Crippen molar-refractivity contribution in [1.82, 2.24) is 14.6 Å². The van der Waals surface area contributed by atoms with Gasteiger partial charge in [-0.05, 0) is 48.7 Å². The topological polar surface area (TPSA) is 109 Å². The Morgan fingerprint density at radius 3 is 2.48 bits per heavy atom. The molecule has 3 aromatic rings. The molecule has 0 spiro atoms. The second kappa shape index (κ2) is 8.52. The van der Waals surface area contributed by atoms with E-state index in [0.717, 1.165) is 18.4 Å². The van der Waals surface area contributed by atoms with Crippen LogP contribution in [0.2, 0.25) is 0 Å². The third kappa shape index (κ3) is 4.33. The number of rotatable bonds is 6. The average molecular weight is 442 g/mol. The fourth-order valence-corrected chi connectivity index (χ4v) is 5.22. The number of hydrogen-bond acceptors (Lipinski definition) is 5. The third-order valence-electron chi connectivity index (χ3n) is 5.37. The van der Waals surface area contributed by atoms with Gasteiger partial charge in [-0.15, -0.1) is 0 Å². The number of fused-ring (bicyclic) bond motifs is 1. The molecule has 1 amide bonds. The number of carbonyl (C=O) groups is 1. The number of aromatic amines is 1. The van der Waals surface area contributed by atoms with Gasteiger partial charge >= 0.3 is 0 Å². The number of pyridine rings is 1. The molecular weight excluding hydrogens is 418 g/mol. The molecule has 8 nitrogen and oxygen atoms in total.